The van der Waals surface area contributed by atoms with Gasteiger partial charge in [0.2, 0.25) is 11.8 Å². The first-order valence-corrected chi connectivity index (χ1v) is 8.29. The molecule has 1 saturated heterocycles. The van der Waals surface area contributed by atoms with E-state index in [4.69, 9.17) is 4.74 Å². The normalized spacial score (nSPS) is 19.2. The van der Waals surface area contributed by atoms with E-state index in [0.29, 0.717) is 13.1 Å². The first-order chi connectivity index (χ1) is 10.7. The summed E-state index contributed by atoms with van der Waals surface area (Å²) in [6.07, 6.45) is 2.96. The number of piperidine rings is 1. The van der Waals surface area contributed by atoms with Crippen molar-refractivity contribution in [3.05, 3.63) is 0 Å². The maximum atomic E-state index is 12.0. The van der Waals surface area contributed by atoms with Gasteiger partial charge < -0.3 is 20.3 Å². The zero-order chi connectivity index (χ0) is 17.0. The summed E-state index contributed by atoms with van der Waals surface area (Å²) < 4.78 is 5.07. The van der Waals surface area contributed by atoms with Crippen LogP contribution in [0.25, 0.3) is 0 Å². The average Bonchev–Trinajstić information content (AvgIpc) is 3.28. The van der Waals surface area contributed by atoms with Crippen LogP contribution >= 0.6 is 0 Å². The fourth-order valence-electron chi connectivity index (χ4n) is 2.58. The first-order valence-electron chi connectivity index (χ1n) is 8.29. The molecule has 2 rings (SSSR count). The molecule has 0 spiro atoms. The number of carbonyl (C=O) groups excluding carboxylic acids is 3. The lowest BCUT2D eigenvalue weighted by Gasteiger charge is -2.32. The van der Waals surface area contributed by atoms with Gasteiger partial charge in [-0.1, -0.05) is 0 Å². The Bertz CT molecular complexity index is 460. The Hall–Kier alpha value is -1.79. The van der Waals surface area contributed by atoms with Gasteiger partial charge in [-0.2, -0.15) is 0 Å². The minimum Gasteiger partial charge on any atom is -0.444 e. The van der Waals surface area contributed by atoms with E-state index >= 15 is 0 Å². The molecular weight excluding hydrogens is 298 g/mol. The van der Waals surface area contributed by atoms with Gasteiger partial charge in [0.05, 0.1) is 0 Å². The van der Waals surface area contributed by atoms with Crippen LogP contribution in [0.5, 0.6) is 0 Å². The summed E-state index contributed by atoms with van der Waals surface area (Å²) in [6.45, 7) is 6.59. The Balaban J connectivity index is 1.62. The average molecular weight is 325 g/mol. The molecule has 3 amide bonds. The largest absolute Gasteiger partial charge is 0.444 e. The molecule has 0 aromatic rings. The van der Waals surface area contributed by atoms with Crippen molar-refractivity contribution in [2.45, 2.75) is 58.1 Å². The molecule has 0 aromatic carbocycles. The van der Waals surface area contributed by atoms with Crippen LogP contribution in [0.4, 0.5) is 4.79 Å². The highest BCUT2D eigenvalue weighted by Gasteiger charge is 2.35. The second-order valence-corrected chi connectivity index (χ2v) is 7.30. The second kappa shape index (κ2) is 7.19. The van der Waals surface area contributed by atoms with E-state index in [-0.39, 0.29) is 30.3 Å². The number of likely N-dealkylation sites (tertiary alicyclic amines) is 1. The molecule has 2 fully saturated rings. The summed E-state index contributed by atoms with van der Waals surface area (Å²) >= 11 is 0. The van der Waals surface area contributed by atoms with Crippen molar-refractivity contribution >= 4 is 17.9 Å². The molecule has 0 unspecified atom stereocenters. The quantitative estimate of drug-likeness (QED) is 0.808. The molecule has 7 heteroatoms. The van der Waals surface area contributed by atoms with Gasteiger partial charge in [0.15, 0.2) is 0 Å². The topological polar surface area (TPSA) is 87.7 Å². The van der Waals surface area contributed by atoms with Crippen molar-refractivity contribution in [1.29, 1.82) is 0 Å². The van der Waals surface area contributed by atoms with Crippen LogP contribution in [-0.2, 0) is 14.3 Å². The Morgan fingerprint density at radius 2 is 1.70 bits per heavy atom. The van der Waals surface area contributed by atoms with Gasteiger partial charge in [-0.05, 0) is 46.5 Å². The number of amides is 3. The van der Waals surface area contributed by atoms with Crippen molar-refractivity contribution < 1.29 is 19.1 Å². The second-order valence-electron chi connectivity index (χ2n) is 7.30. The summed E-state index contributed by atoms with van der Waals surface area (Å²) in [5.41, 5.74) is -0.582. The minimum absolute atomic E-state index is 0.0613. The van der Waals surface area contributed by atoms with Gasteiger partial charge in [-0.3, -0.25) is 9.59 Å². The third-order valence-electron chi connectivity index (χ3n) is 3.89. The van der Waals surface area contributed by atoms with Crippen molar-refractivity contribution in [1.82, 2.24) is 15.5 Å². The van der Waals surface area contributed by atoms with Crippen LogP contribution < -0.4 is 10.6 Å². The lowest BCUT2D eigenvalue weighted by Crippen LogP contribution is -2.49. The monoisotopic (exact) mass is 325 g/mol. The van der Waals surface area contributed by atoms with Crippen LogP contribution in [0.2, 0.25) is 0 Å². The highest BCUT2D eigenvalue weighted by atomic mass is 16.6. The SMILES string of the molecule is CC(C)(C)OC(=O)NCC(=O)NC1CCN(C(=O)C2CC2)CC1. The number of nitrogens with zero attached hydrogens (tertiary/aromatic N) is 1. The summed E-state index contributed by atoms with van der Waals surface area (Å²) in [5, 5.41) is 5.34. The number of alkyl carbamates (subject to hydrolysis) is 1. The van der Waals surface area contributed by atoms with E-state index in [9.17, 15) is 14.4 Å². The van der Waals surface area contributed by atoms with Crippen LogP contribution in [0.1, 0.15) is 46.5 Å². The first kappa shape index (κ1) is 17.6. The van der Waals surface area contributed by atoms with Crippen molar-refractivity contribution in [2.24, 2.45) is 5.92 Å². The van der Waals surface area contributed by atoms with Gasteiger partial charge in [0, 0.05) is 25.0 Å². The zero-order valence-electron chi connectivity index (χ0n) is 14.2. The van der Waals surface area contributed by atoms with Gasteiger partial charge in [0.1, 0.15) is 12.1 Å². The number of nitrogens with one attached hydrogen (secondary N) is 2. The molecule has 130 valence electrons. The summed E-state index contributed by atoms with van der Waals surface area (Å²) in [7, 11) is 0. The number of carbonyl (C=O) groups is 3. The molecule has 1 heterocycles. The number of hydrogen-bond donors (Lipinski definition) is 2. The predicted octanol–water partition coefficient (Wildman–Crippen LogP) is 1.03. The smallest absolute Gasteiger partial charge is 0.408 e. The van der Waals surface area contributed by atoms with Crippen LogP contribution in [0, 0.1) is 5.92 Å². The van der Waals surface area contributed by atoms with E-state index in [1.54, 1.807) is 20.8 Å². The van der Waals surface area contributed by atoms with Gasteiger partial charge in [0.25, 0.3) is 0 Å². The molecule has 2 aliphatic rings. The van der Waals surface area contributed by atoms with E-state index in [2.05, 4.69) is 10.6 Å². The zero-order valence-corrected chi connectivity index (χ0v) is 14.2. The maximum Gasteiger partial charge on any atom is 0.408 e. The molecule has 1 saturated carbocycles. The van der Waals surface area contributed by atoms with E-state index in [1.165, 1.54) is 0 Å². The number of rotatable bonds is 4. The highest BCUT2D eigenvalue weighted by Crippen LogP contribution is 2.31. The predicted molar refractivity (Wildman–Crippen MR) is 84.7 cm³/mol. The van der Waals surface area contributed by atoms with E-state index in [1.807, 2.05) is 4.90 Å². The van der Waals surface area contributed by atoms with Crippen LogP contribution in [-0.4, -0.2) is 54.1 Å². The summed E-state index contributed by atoms with van der Waals surface area (Å²) in [5.74, 6) is 0.281. The Morgan fingerprint density at radius 1 is 1.09 bits per heavy atom. The van der Waals surface area contributed by atoms with Gasteiger partial charge in [-0.15, -0.1) is 0 Å². The summed E-state index contributed by atoms with van der Waals surface area (Å²) in [4.78, 5) is 37.2. The minimum atomic E-state index is -0.600. The molecule has 0 atom stereocenters. The number of hydrogen-bond acceptors (Lipinski definition) is 4. The van der Waals surface area contributed by atoms with E-state index < -0.39 is 11.7 Å². The standard InChI is InChI=1S/C16H27N3O4/c1-16(2,3)23-15(22)17-10-13(20)18-12-6-8-19(9-7-12)14(21)11-4-5-11/h11-12H,4-10H2,1-3H3,(H,17,22)(H,18,20). The molecule has 7 nitrogen and oxygen atoms in total. The molecule has 0 radical (unpaired) electrons. The maximum absolute atomic E-state index is 12.0. The lowest BCUT2D eigenvalue weighted by atomic mass is 10.0. The molecule has 2 N–H and O–H groups in total. The Morgan fingerprint density at radius 3 is 2.22 bits per heavy atom. The Labute approximate surface area is 137 Å². The number of ether oxygens (including phenoxy) is 1. The lowest BCUT2D eigenvalue weighted by molar-refractivity contribution is -0.133. The third kappa shape index (κ3) is 6.08. The van der Waals surface area contributed by atoms with Crippen LogP contribution in [0.15, 0.2) is 0 Å². The van der Waals surface area contributed by atoms with Gasteiger partial charge >= 0.3 is 6.09 Å². The van der Waals surface area contributed by atoms with Crippen molar-refractivity contribution in [3.63, 3.8) is 0 Å². The summed E-state index contributed by atoms with van der Waals surface area (Å²) in [6, 6.07) is 0.0613. The van der Waals surface area contributed by atoms with Crippen molar-refractivity contribution in [2.75, 3.05) is 19.6 Å². The molecule has 1 aliphatic carbocycles. The molecule has 0 bridgehead atoms. The Kier molecular flexibility index (Phi) is 5.49. The fraction of sp³-hybridized carbons (Fsp3) is 0.812. The molecule has 1 aliphatic heterocycles. The van der Waals surface area contributed by atoms with Gasteiger partial charge in [-0.25, -0.2) is 4.79 Å². The fourth-order valence-corrected chi connectivity index (χ4v) is 2.58. The van der Waals surface area contributed by atoms with E-state index in [0.717, 1.165) is 25.7 Å². The van der Waals surface area contributed by atoms with Crippen molar-refractivity contribution in [3.8, 4) is 0 Å². The highest BCUT2D eigenvalue weighted by molar-refractivity contribution is 5.83. The third-order valence-corrected chi connectivity index (χ3v) is 3.89. The molecule has 0 aromatic heterocycles. The molecular formula is C16H27N3O4. The molecule has 23 heavy (non-hydrogen) atoms. The van der Waals surface area contributed by atoms with Crippen LogP contribution in [0.3, 0.4) is 0 Å².